The SMILES string of the molecule is O=C(O)c1c(Cl)cccc1NC(=O)N1CCCC1. The van der Waals surface area contributed by atoms with E-state index in [1.54, 1.807) is 11.0 Å². The zero-order valence-corrected chi connectivity index (χ0v) is 10.4. The fraction of sp³-hybridized carbons (Fsp3) is 0.333. The van der Waals surface area contributed by atoms with Crippen LogP contribution in [-0.2, 0) is 0 Å². The average molecular weight is 269 g/mol. The summed E-state index contributed by atoms with van der Waals surface area (Å²) in [4.78, 5) is 24.6. The second-order valence-electron chi connectivity index (χ2n) is 4.09. The van der Waals surface area contributed by atoms with E-state index in [1.165, 1.54) is 12.1 Å². The molecule has 0 spiro atoms. The van der Waals surface area contributed by atoms with Crippen molar-refractivity contribution in [2.45, 2.75) is 12.8 Å². The first kappa shape index (κ1) is 12.7. The maximum absolute atomic E-state index is 11.9. The Kier molecular flexibility index (Phi) is 3.72. The summed E-state index contributed by atoms with van der Waals surface area (Å²) in [5.41, 5.74) is 0.151. The second kappa shape index (κ2) is 5.27. The van der Waals surface area contributed by atoms with Crippen LogP contribution in [0, 0.1) is 0 Å². The van der Waals surface area contributed by atoms with Gasteiger partial charge in [0, 0.05) is 13.1 Å². The Morgan fingerprint density at radius 1 is 1.28 bits per heavy atom. The highest BCUT2D eigenvalue weighted by Crippen LogP contribution is 2.25. The van der Waals surface area contributed by atoms with E-state index in [0.717, 1.165) is 12.8 Å². The van der Waals surface area contributed by atoms with Crippen LogP contribution in [0.5, 0.6) is 0 Å². The summed E-state index contributed by atoms with van der Waals surface area (Å²) in [5.74, 6) is -1.16. The zero-order chi connectivity index (χ0) is 13.1. The molecule has 96 valence electrons. The molecular weight excluding hydrogens is 256 g/mol. The Morgan fingerprint density at radius 2 is 1.94 bits per heavy atom. The molecule has 0 aromatic heterocycles. The summed E-state index contributed by atoms with van der Waals surface area (Å²) < 4.78 is 0. The van der Waals surface area contributed by atoms with Gasteiger partial charge in [0.05, 0.1) is 10.7 Å². The Hall–Kier alpha value is -1.75. The predicted molar refractivity (Wildman–Crippen MR) is 68.2 cm³/mol. The number of amides is 2. The number of halogens is 1. The minimum absolute atomic E-state index is 0.0771. The van der Waals surface area contributed by atoms with Crippen molar-refractivity contribution in [3.63, 3.8) is 0 Å². The number of benzene rings is 1. The van der Waals surface area contributed by atoms with E-state index in [1.807, 2.05) is 0 Å². The van der Waals surface area contributed by atoms with Crippen molar-refractivity contribution in [3.8, 4) is 0 Å². The van der Waals surface area contributed by atoms with Gasteiger partial charge in [-0.3, -0.25) is 0 Å². The molecular formula is C12H13ClN2O3. The molecule has 1 aliphatic rings. The van der Waals surface area contributed by atoms with Crippen LogP contribution >= 0.6 is 11.6 Å². The van der Waals surface area contributed by atoms with Crippen LogP contribution < -0.4 is 5.32 Å². The fourth-order valence-electron chi connectivity index (χ4n) is 1.96. The number of carbonyl (C=O) groups is 2. The highest BCUT2D eigenvalue weighted by atomic mass is 35.5. The Balaban J connectivity index is 2.20. The minimum Gasteiger partial charge on any atom is -0.478 e. The molecule has 0 atom stereocenters. The zero-order valence-electron chi connectivity index (χ0n) is 9.65. The predicted octanol–water partition coefficient (Wildman–Crippen LogP) is 2.67. The number of hydrogen-bond acceptors (Lipinski definition) is 2. The first-order chi connectivity index (χ1) is 8.59. The summed E-state index contributed by atoms with van der Waals surface area (Å²) in [6, 6.07) is 4.34. The summed E-state index contributed by atoms with van der Waals surface area (Å²) in [6.07, 6.45) is 1.96. The molecule has 0 saturated carbocycles. The highest BCUT2D eigenvalue weighted by Gasteiger charge is 2.21. The van der Waals surface area contributed by atoms with Gasteiger partial charge in [0.25, 0.3) is 0 Å². The molecule has 1 aromatic carbocycles. The number of urea groups is 1. The van der Waals surface area contributed by atoms with Crippen LogP contribution in [0.25, 0.3) is 0 Å². The molecule has 0 bridgehead atoms. The van der Waals surface area contributed by atoms with Gasteiger partial charge in [0.15, 0.2) is 0 Å². The Bertz CT molecular complexity index is 484. The monoisotopic (exact) mass is 268 g/mol. The number of nitrogens with one attached hydrogen (secondary N) is 1. The van der Waals surface area contributed by atoms with E-state index in [9.17, 15) is 9.59 Å². The molecule has 6 heteroatoms. The van der Waals surface area contributed by atoms with Crippen molar-refractivity contribution < 1.29 is 14.7 Å². The van der Waals surface area contributed by atoms with Crippen molar-refractivity contribution in [1.82, 2.24) is 4.90 Å². The summed E-state index contributed by atoms with van der Waals surface area (Å²) in [5, 5.41) is 11.8. The lowest BCUT2D eigenvalue weighted by molar-refractivity contribution is 0.0698. The number of carboxylic acids is 1. The van der Waals surface area contributed by atoms with Crippen molar-refractivity contribution in [2.24, 2.45) is 0 Å². The van der Waals surface area contributed by atoms with Gasteiger partial charge in [-0.15, -0.1) is 0 Å². The molecule has 1 fully saturated rings. The minimum atomic E-state index is -1.16. The van der Waals surface area contributed by atoms with Gasteiger partial charge in [-0.1, -0.05) is 17.7 Å². The van der Waals surface area contributed by atoms with Crippen LogP contribution in [0.2, 0.25) is 5.02 Å². The number of anilines is 1. The summed E-state index contributed by atoms with van der Waals surface area (Å²) >= 11 is 5.82. The third-order valence-electron chi connectivity index (χ3n) is 2.86. The molecule has 0 aliphatic carbocycles. The fourth-order valence-corrected chi connectivity index (χ4v) is 2.22. The molecule has 5 nitrogen and oxygen atoms in total. The van der Waals surface area contributed by atoms with Gasteiger partial charge in [0.1, 0.15) is 5.56 Å². The second-order valence-corrected chi connectivity index (χ2v) is 4.50. The number of hydrogen-bond donors (Lipinski definition) is 2. The number of nitrogens with zero attached hydrogens (tertiary/aromatic N) is 1. The molecule has 1 aliphatic heterocycles. The van der Waals surface area contributed by atoms with Crippen LogP contribution in [0.4, 0.5) is 10.5 Å². The summed E-state index contributed by atoms with van der Waals surface area (Å²) in [6.45, 7) is 1.41. The smallest absolute Gasteiger partial charge is 0.339 e. The maximum Gasteiger partial charge on any atom is 0.339 e. The van der Waals surface area contributed by atoms with Gasteiger partial charge in [-0.25, -0.2) is 9.59 Å². The number of likely N-dealkylation sites (tertiary alicyclic amines) is 1. The maximum atomic E-state index is 11.9. The number of aromatic carboxylic acids is 1. The molecule has 1 aromatic rings. The molecule has 2 N–H and O–H groups in total. The summed E-state index contributed by atoms with van der Waals surface area (Å²) in [7, 11) is 0. The number of carbonyl (C=O) groups excluding carboxylic acids is 1. The highest BCUT2D eigenvalue weighted by molar-refractivity contribution is 6.34. The van der Waals surface area contributed by atoms with Crippen LogP contribution in [0.15, 0.2) is 18.2 Å². The van der Waals surface area contributed by atoms with E-state index in [-0.39, 0.29) is 22.3 Å². The van der Waals surface area contributed by atoms with E-state index in [4.69, 9.17) is 16.7 Å². The van der Waals surface area contributed by atoms with Gasteiger partial charge in [-0.2, -0.15) is 0 Å². The first-order valence-electron chi connectivity index (χ1n) is 5.67. The molecule has 1 saturated heterocycles. The van der Waals surface area contributed by atoms with E-state index >= 15 is 0 Å². The van der Waals surface area contributed by atoms with E-state index in [0.29, 0.717) is 13.1 Å². The van der Waals surface area contributed by atoms with Crippen molar-refractivity contribution in [3.05, 3.63) is 28.8 Å². The van der Waals surface area contributed by atoms with Crippen molar-refractivity contribution in [2.75, 3.05) is 18.4 Å². The molecule has 2 rings (SSSR count). The standard InChI is InChI=1S/C12H13ClN2O3/c13-8-4-3-5-9(10(8)11(16)17)14-12(18)15-6-1-2-7-15/h3-5H,1-2,6-7H2,(H,14,18)(H,16,17). The topological polar surface area (TPSA) is 69.6 Å². The number of rotatable bonds is 2. The van der Waals surface area contributed by atoms with Crippen LogP contribution in [0.1, 0.15) is 23.2 Å². The Labute approximate surface area is 109 Å². The van der Waals surface area contributed by atoms with Crippen molar-refractivity contribution in [1.29, 1.82) is 0 Å². The van der Waals surface area contributed by atoms with Gasteiger partial charge in [-0.05, 0) is 25.0 Å². The average Bonchev–Trinajstić information content (AvgIpc) is 2.81. The quantitative estimate of drug-likeness (QED) is 0.866. The third kappa shape index (κ3) is 2.56. The van der Waals surface area contributed by atoms with Gasteiger partial charge >= 0.3 is 12.0 Å². The van der Waals surface area contributed by atoms with Gasteiger partial charge < -0.3 is 15.3 Å². The van der Waals surface area contributed by atoms with Crippen LogP contribution in [-0.4, -0.2) is 35.1 Å². The van der Waals surface area contributed by atoms with E-state index < -0.39 is 5.97 Å². The van der Waals surface area contributed by atoms with Gasteiger partial charge in [0.2, 0.25) is 0 Å². The lowest BCUT2D eigenvalue weighted by Gasteiger charge is -2.17. The number of carboxylic acid groups (broad SMARTS) is 1. The Morgan fingerprint density at radius 3 is 2.56 bits per heavy atom. The largest absolute Gasteiger partial charge is 0.478 e. The van der Waals surface area contributed by atoms with E-state index in [2.05, 4.69) is 5.32 Å². The molecule has 0 unspecified atom stereocenters. The lowest BCUT2D eigenvalue weighted by atomic mass is 10.2. The molecule has 18 heavy (non-hydrogen) atoms. The normalized spacial score (nSPS) is 14.6. The first-order valence-corrected chi connectivity index (χ1v) is 6.05. The molecule has 1 heterocycles. The van der Waals surface area contributed by atoms with Crippen molar-refractivity contribution >= 4 is 29.3 Å². The molecule has 2 amide bonds. The third-order valence-corrected chi connectivity index (χ3v) is 3.18. The molecule has 0 radical (unpaired) electrons. The van der Waals surface area contributed by atoms with Crippen LogP contribution in [0.3, 0.4) is 0 Å². The lowest BCUT2D eigenvalue weighted by Crippen LogP contribution is -2.32.